The highest BCUT2D eigenvalue weighted by Crippen LogP contribution is 2.24. The monoisotopic (exact) mass is 330 g/mol. The van der Waals surface area contributed by atoms with E-state index in [2.05, 4.69) is 32.8 Å². The SMILES string of the molecule is CCc1cc(C(=O)OC)cc2c(I)n[nH]c12. The zero-order valence-electron chi connectivity index (χ0n) is 9.00. The fourth-order valence-electron chi connectivity index (χ4n) is 1.68. The van der Waals surface area contributed by atoms with Crippen LogP contribution in [0, 0.1) is 3.70 Å². The Labute approximate surface area is 107 Å². The Morgan fingerprint density at radius 1 is 1.56 bits per heavy atom. The molecule has 0 radical (unpaired) electrons. The van der Waals surface area contributed by atoms with E-state index >= 15 is 0 Å². The van der Waals surface area contributed by atoms with Crippen molar-refractivity contribution in [2.24, 2.45) is 0 Å². The van der Waals surface area contributed by atoms with Crippen LogP contribution in [-0.4, -0.2) is 23.3 Å². The van der Waals surface area contributed by atoms with E-state index in [1.54, 1.807) is 0 Å². The Balaban J connectivity index is 2.70. The third-order valence-electron chi connectivity index (χ3n) is 2.51. The molecule has 1 N–H and O–H groups in total. The number of aromatic nitrogens is 2. The van der Waals surface area contributed by atoms with E-state index in [-0.39, 0.29) is 5.97 Å². The summed E-state index contributed by atoms with van der Waals surface area (Å²) in [6.45, 7) is 2.05. The molecule has 4 nitrogen and oxygen atoms in total. The molecule has 1 heterocycles. The van der Waals surface area contributed by atoms with Gasteiger partial charge in [0.2, 0.25) is 0 Å². The average molecular weight is 330 g/mol. The van der Waals surface area contributed by atoms with Crippen molar-refractivity contribution in [3.05, 3.63) is 27.0 Å². The molecule has 16 heavy (non-hydrogen) atoms. The summed E-state index contributed by atoms with van der Waals surface area (Å²) in [4.78, 5) is 11.5. The van der Waals surface area contributed by atoms with Gasteiger partial charge in [0.25, 0.3) is 0 Å². The summed E-state index contributed by atoms with van der Waals surface area (Å²) in [5.41, 5.74) is 2.65. The number of fused-ring (bicyclic) bond motifs is 1. The largest absolute Gasteiger partial charge is 0.465 e. The van der Waals surface area contributed by atoms with Gasteiger partial charge < -0.3 is 4.74 Å². The highest BCUT2D eigenvalue weighted by Gasteiger charge is 2.13. The molecule has 0 bridgehead atoms. The van der Waals surface area contributed by atoms with Crippen molar-refractivity contribution in [1.29, 1.82) is 0 Å². The van der Waals surface area contributed by atoms with Gasteiger partial charge in [-0.15, -0.1) is 0 Å². The number of esters is 1. The molecule has 0 unspecified atom stereocenters. The zero-order chi connectivity index (χ0) is 11.7. The van der Waals surface area contributed by atoms with Gasteiger partial charge in [0.05, 0.1) is 18.2 Å². The molecule has 0 aliphatic heterocycles. The van der Waals surface area contributed by atoms with Crippen LogP contribution in [0.5, 0.6) is 0 Å². The van der Waals surface area contributed by atoms with Gasteiger partial charge in [0.15, 0.2) is 0 Å². The van der Waals surface area contributed by atoms with Crippen molar-refractivity contribution in [2.45, 2.75) is 13.3 Å². The predicted molar refractivity (Wildman–Crippen MR) is 69.5 cm³/mol. The quantitative estimate of drug-likeness (QED) is 0.680. The summed E-state index contributed by atoms with van der Waals surface area (Å²) in [6, 6.07) is 3.66. The molecule has 0 amide bonds. The number of rotatable bonds is 2. The Bertz CT molecular complexity index is 548. The average Bonchev–Trinajstić information content (AvgIpc) is 2.69. The summed E-state index contributed by atoms with van der Waals surface area (Å²) in [7, 11) is 1.39. The van der Waals surface area contributed by atoms with Crippen molar-refractivity contribution >= 4 is 39.5 Å². The van der Waals surface area contributed by atoms with Crippen molar-refractivity contribution in [1.82, 2.24) is 10.2 Å². The lowest BCUT2D eigenvalue weighted by Gasteiger charge is -2.03. The van der Waals surface area contributed by atoms with E-state index in [1.165, 1.54) is 7.11 Å². The van der Waals surface area contributed by atoms with Crippen molar-refractivity contribution in [3.8, 4) is 0 Å². The number of aryl methyl sites for hydroxylation is 1. The Kier molecular flexibility index (Phi) is 3.13. The molecule has 0 aliphatic rings. The first kappa shape index (κ1) is 11.4. The minimum absolute atomic E-state index is 0.311. The molecule has 2 aromatic rings. The molecule has 0 spiro atoms. The van der Waals surface area contributed by atoms with Gasteiger partial charge in [-0.2, -0.15) is 5.10 Å². The first-order valence-corrected chi connectivity index (χ1v) is 6.00. The van der Waals surface area contributed by atoms with E-state index in [9.17, 15) is 4.79 Å². The highest BCUT2D eigenvalue weighted by molar-refractivity contribution is 14.1. The van der Waals surface area contributed by atoms with Crippen LogP contribution < -0.4 is 0 Å². The number of nitrogens with zero attached hydrogens (tertiary/aromatic N) is 1. The van der Waals surface area contributed by atoms with Crippen LogP contribution in [0.2, 0.25) is 0 Å². The summed E-state index contributed by atoms with van der Waals surface area (Å²) in [5, 5.41) is 8.09. The molecule has 0 saturated heterocycles. The fourth-order valence-corrected chi connectivity index (χ4v) is 2.22. The third-order valence-corrected chi connectivity index (χ3v) is 3.33. The van der Waals surface area contributed by atoms with E-state index in [0.29, 0.717) is 5.56 Å². The maximum atomic E-state index is 11.5. The second kappa shape index (κ2) is 4.40. The lowest BCUT2D eigenvalue weighted by Crippen LogP contribution is -2.02. The normalized spacial score (nSPS) is 10.7. The minimum Gasteiger partial charge on any atom is -0.465 e. The number of methoxy groups -OCH3 is 1. The highest BCUT2D eigenvalue weighted by atomic mass is 127. The van der Waals surface area contributed by atoms with Crippen LogP contribution in [-0.2, 0) is 11.2 Å². The van der Waals surface area contributed by atoms with Crippen molar-refractivity contribution in [3.63, 3.8) is 0 Å². The summed E-state index contributed by atoms with van der Waals surface area (Å²) in [5.74, 6) is -0.311. The summed E-state index contributed by atoms with van der Waals surface area (Å²) >= 11 is 2.14. The molecular formula is C11H11IN2O2. The third kappa shape index (κ3) is 1.79. The number of hydrogen-bond acceptors (Lipinski definition) is 3. The van der Waals surface area contributed by atoms with Gasteiger partial charge in [-0.05, 0) is 46.7 Å². The fraction of sp³-hybridized carbons (Fsp3) is 0.273. The van der Waals surface area contributed by atoms with Gasteiger partial charge in [0.1, 0.15) is 3.70 Å². The van der Waals surface area contributed by atoms with E-state index in [1.807, 2.05) is 19.1 Å². The van der Waals surface area contributed by atoms with Gasteiger partial charge >= 0.3 is 5.97 Å². The summed E-state index contributed by atoms with van der Waals surface area (Å²) in [6.07, 6.45) is 0.847. The minimum atomic E-state index is -0.311. The lowest BCUT2D eigenvalue weighted by molar-refractivity contribution is 0.0601. The Hall–Kier alpha value is -1.11. The molecule has 0 saturated carbocycles. The Morgan fingerprint density at radius 2 is 2.31 bits per heavy atom. The van der Waals surface area contributed by atoms with E-state index in [0.717, 1.165) is 26.6 Å². The molecule has 1 aromatic heterocycles. The zero-order valence-corrected chi connectivity index (χ0v) is 11.2. The first-order chi connectivity index (χ1) is 7.67. The second-order valence-corrected chi connectivity index (χ2v) is 4.44. The van der Waals surface area contributed by atoms with E-state index in [4.69, 9.17) is 4.74 Å². The van der Waals surface area contributed by atoms with Crippen molar-refractivity contribution < 1.29 is 9.53 Å². The van der Waals surface area contributed by atoms with Crippen LogP contribution in [0.15, 0.2) is 12.1 Å². The smallest absolute Gasteiger partial charge is 0.337 e. The molecule has 2 rings (SSSR count). The maximum absolute atomic E-state index is 11.5. The molecule has 84 valence electrons. The molecule has 5 heteroatoms. The van der Waals surface area contributed by atoms with Crippen LogP contribution >= 0.6 is 22.6 Å². The number of nitrogens with one attached hydrogen (secondary N) is 1. The number of ether oxygens (including phenoxy) is 1. The topological polar surface area (TPSA) is 55.0 Å². The van der Waals surface area contributed by atoms with Crippen LogP contribution in [0.4, 0.5) is 0 Å². The molecule has 0 aliphatic carbocycles. The molecule has 1 aromatic carbocycles. The van der Waals surface area contributed by atoms with Gasteiger partial charge in [0, 0.05) is 5.39 Å². The van der Waals surface area contributed by atoms with E-state index < -0.39 is 0 Å². The second-order valence-electron chi connectivity index (χ2n) is 3.42. The standard InChI is InChI=1S/C11H11IN2O2/c1-3-6-4-7(11(15)16-2)5-8-9(6)13-14-10(8)12/h4-5H,3H2,1-2H3,(H,13,14). The number of hydrogen-bond donors (Lipinski definition) is 1. The predicted octanol–water partition coefficient (Wildman–Crippen LogP) is 2.52. The van der Waals surface area contributed by atoms with Gasteiger partial charge in [-0.3, -0.25) is 5.10 Å². The molecule has 0 fully saturated rings. The summed E-state index contributed by atoms with van der Waals surface area (Å²) < 4.78 is 5.60. The number of aromatic amines is 1. The number of halogens is 1. The maximum Gasteiger partial charge on any atom is 0.337 e. The number of benzene rings is 1. The van der Waals surface area contributed by atoms with Gasteiger partial charge in [-0.25, -0.2) is 4.79 Å². The van der Waals surface area contributed by atoms with Gasteiger partial charge in [-0.1, -0.05) is 6.92 Å². The molecular weight excluding hydrogens is 319 g/mol. The number of carbonyl (C=O) groups is 1. The number of carbonyl (C=O) groups excluding carboxylic acids is 1. The van der Waals surface area contributed by atoms with Crippen LogP contribution in [0.3, 0.4) is 0 Å². The van der Waals surface area contributed by atoms with Crippen molar-refractivity contribution in [2.75, 3.05) is 7.11 Å². The lowest BCUT2D eigenvalue weighted by atomic mass is 10.1. The Morgan fingerprint density at radius 3 is 2.94 bits per heavy atom. The molecule has 0 atom stereocenters. The first-order valence-electron chi connectivity index (χ1n) is 4.92. The van der Waals surface area contributed by atoms with Crippen LogP contribution in [0.25, 0.3) is 10.9 Å². The van der Waals surface area contributed by atoms with Crippen LogP contribution in [0.1, 0.15) is 22.8 Å². The number of H-pyrrole nitrogens is 1.